The normalized spacial score (nSPS) is 17.6. The molecule has 3 heterocycles. The van der Waals surface area contributed by atoms with Gasteiger partial charge in [0.1, 0.15) is 5.82 Å². The van der Waals surface area contributed by atoms with Crippen molar-refractivity contribution in [2.75, 3.05) is 4.90 Å². The fraction of sp³-hybridized carbons (Fsp3) is 0.267. The number of anilines is 1. The van der Waals surface area contributed by atoms with E-state index in [0.717, 1.165) is 15.4 Å². The van der Waals surface area contributed by atoms with Crippen molar-refractivity contribution in [3.63, 3.8) is 0 Å². The van der Waals surface area contributed by atoms with Crippen molar-refractivity contribution in [3.8, 4) is 0 Å². The Hall–Kier alpha value is -1.73. The molecule has 0 unspecified atom stereocenters. The Morgan fingerprint density at radius 3 is 3.00 bits per heavy atom. The Kier molecular flexibility index (Phi) is 3.50. The highest BCUT2D eigenvalue weighted by Crippen LogP contribution is 2.32. The van der Waals surface area contributed by atoms with Crippen molar-refractivity contribution >= 4 is 44.3 Å². The summed E-state index contributed by atoms with van der Waals surface area (Å²) in [5, 5.41) is 1.06. The number of hydrogen-bond acceptors (Lipinski definition) is 4. The second kappa shape index (κ2) is 5.42. The summed E-state index contributed by atoms with van der Waals surface area (Å²) >= 11 is 9.53. The zero-order valence-electron chi connectivity index (χ0n) is 12.2. The van der Waals surface area contributed by atoms with Crippen molar-refractivity contribution in [3.05, 3.63) is 45.9 Å². The molecule has 0 saturated carbocycles. The van der Waals surface area contributed by atoms with E-state index in [0.29, 0.717) is 24.6 Å². The number of fused-ring (bicyclic) bond motifs is 2. The Balaban J connectivity index is 1.87. The molecule has 5 nitrogen and oxygen atoms in total. The second-order valence-electron chi connectivity index (χ2n) is 5.59. The number of imidazole rings is 1. The van der Waals surface area contributed by atoms with Gasteiger partial charge >= 0.3 is 0 Å². The van der Waals surface area contributed by atoms with Gasteiger partial charge in [-0.2, -0.15) is 9.37 Å². The fourth-order valence-electron chi connectivity index (χ4n) is 2.96. The van der Waals surface area contributed by atoms with Crippen LogP contribution in [-0.4, -0.2) is 25.6 Å². The first kappa shape index (κ1) is 14.8. The largest absolute Gasteiger partial charge is 0.345 e. The van der Waals surface area contributed by atoms with E-state index in [2.05, 4.69) is 37.8 Å². The Bertz CT molecular complexity index is 907. The summed E-state index contributed by atoms with van der Waals surface area (Å²) in [7, 11) is 0. The van der Waals surface area contributed by atoms with Crippen LogP contribution >= 0.6 is 27.5 Å². The standard InChI is InChI=1S/C15H12BrClFN5/c1-8-5-22-7-19-13(18)12(22)6-23(8)14-10-3-2-9(16)4-11(10)20-15(17)21-14/h2-4,7-8H,5-6H2,1H3/t8-/m1/s1. The maximum atomic E-state index is 13.9. The van der Waals surface area contributed by atoms with E-state index < -0.39 is 5.95 Å². The van der Waals surface area contributed by atoms with Gasteiger partial charge in [0.15, 0.2) is 0 Å². The molecule has 1 aliphatic rings. The lowest BCUT2D eigenvalue weighted by Gasteiger charge is -2.35. The van der Waals surface area contributed by atoms with Gasteiger partial charge in [0.05, 0.1) is 24.1 Å². The lowest BCUT2D eigenvalue weighted by atomic mass is 10.1. The van der Waals surface area contributed by atoms with Crippen LogP contribution in [0.1, 0.15) is 12.6 Å². The average Bonchev–Trinajstić information content (AvgIpc) is 2.85. The number of halogens is 3. The molecule has 0 fully saturated rings. The number of aromatic nitrogens is 4. The van der Waals surface area contributed by atoms with E-state index >= 15 is 0 Å². The summed E-state index contributed by atoms with van der Waals surface area (Å²) in [5.74, 6) is 0.279. The smallest absolute Gasteiger partial charge is 0.235 e. The van der Waals surface area contributed by atoms with Gasteiger partial charge in [-0.1, -0.05) is 15.9 Å². The van der Waals surface area contributed by atoms with Gasteiger partial charge in [-0.15, -0.1) is 0 Å². The predicted octanol–water partition coefficient (Wildman–Crippen LogP) is 3.79. The minimum atomic E-state index is -0.436. The summed E-state index contributed by atoms with van der Waals surface area (Å²) < 4.78 is 16.6. The molecule has 2 aromatic heterocycles. The molecule has 1 atom stereocenters. The molecule has 1 aliphatic heterocycles. The maximum Gasteiger partial charge on any atom is 0.235 e. The van der Waals surface area contributed by atoms with Gasteiger partial charge in [0.25, 0.3) is 0 Å². The van der Waals surface area contributed by atoms with Gasteiger partial charge in [0, 0.05) is 22.4 Å². The molecule has 0 bridgehead atoms. The maximum absolute atomic E-state index is 13.9. The molecular weight excluding hydrogens is 385 g/mol. The molecule has 8 heteroatoms. The molecule has 0 N–H and O–H groups in total. The third kappa shape index (κ3) is 2.48. The molecule has 0 radical (unpaired) electrons. The number of benzene rings is 1. The predicted molar refractivity (Wildman–Crippen MR) is 90.1 cm³/mol. The molecule has 0 amide bonds. The Morgan fingerprint density at radius 2 is 2.17 bits per heavy atom. The number of rotatable bonds is 1. The number of nitrogens with zero attached hydrogens (tertiary/aromatic N) is 5. The summed E-state index contributed by atoms with van der Waals surface area (Å²) in [6.07, 6.45) is 1.54. The van der Waals surface area contributed by atoms with E-state index in [1.54, 1.807) is 6.33 Å². The average molecular weight is 397 g/mol. The number of hydrogen-bond donors (Lipinski definition) is 0. The van der Waals surface area contributed by atoms with Gasteiger partial charge in [-0.3, -0.25) is 0 Å². The first-order valence-corrected chi connectivity index (χ1v) is 8.29. The Labute approximate surface area is 145 Å². The van der Waals surface area contributed by atoms with Crippen LogP contribution in [0.4, 0.5) is 10.2 Å². The van der Waals surface area contributed by atoms with Gasteiger partial charge < -0.3 is 9.47 Å². The molecule has 0 spiro atoms. The molecule has 0 aliphatic carbocycles. The monoisotopic (exact) mass is 395 g/mol. The van der Waals surface area contributed by atoms with Crippen LogP contribution in [-0.2, 0) is 13.1 Å². The molecule has 118 valence electrons. The quantitative estimate of drug-likeness (QED) is 0.587. The van der Waals surface area contributed by atoms with Crippen molar-refractivity contribution < 1.29 is 4.39 Å². The lowest BCUT2D eigenvalue weighted by molar-refractivity contribution is 0.454. The highest BCUT2D eigenvalue weighted by Gasteiger charge is 2.28. The summed E-state index contributed by atoms with van der Waals surface area (Å²) in [4.78, 5) is 14.5. The third-order valence-corrected chi connectivity index (χ3v) is 4.75. The van der Waals surface area contributed by atoms with Gasteiger partial charge in [-0.25, -0.2) is 9.97 Å². The molecule has 4 rings (SSSR count). The van der Waals surface area contributed by atoms with Crippen LogP contribution in [0.3, 0.4) is 0 Å². The van der Waals surface area contributed by atoms with E-state index in [-0.39, 0.29) is 11.3 Å². The van der Waals surface area contributed by atoms with Crippen LogP contribution in [0.15, 0.2) is 29.0 Å². The van der Waals surface area contributed by atoms with Gasteiger partial charge in [-0.05, 0) is 36.7 Å². The molecular formula is C15H12BrClFN5. The highest BCUT2D eigenvalue weighted by molar-refractivity contribution is 9.10. The van der Waals surface area contributed by atoms with E-state index in [1.807, 2.05) is 27.7 Å². The zero-order chi connectivity index (χ0) is 16.1. The summed E-state index contributed by atoms with van der Waals surface area (Å²) in [5.41, 5.74) is 1.31. The minimum Gasteiger partial charge on any atom is -0.345 e. The SMILES string of the molecule is C[C@@H]1Cn2cnc(F)c2CN1c1nc(Cl)nc2cc(Br)ccc12. The van der Waals surface area contributed by atoms with E-state index in [4.69, 9.17) is 11.6 Å². The molecule has 0 saturated heterocycles. The van der Waals surface area contributed by atoms with E-state index in [1.165, 1.54) is 0 Å². The van der Waals surface area contributed by atoms with Crippen LogP contribution in [0.2, 0.25) is 5.28 Å². The molecule has 1 aromatic carbocycles. The first-order valence-electron chi connectivity index (χ1n) is 7.12. The Morgan fingerprint density at radius 1 is 1.35 bits per heavy atom. The van der Waals surface area contributed by atoms with E-state index in [9.17, 15) is 4.39 Å². The zero-order valence-corrected chi connectivity index (χ0v) is 14.5. The van der Waals surface area contributed by atoms with Crippen LogP contribution in [0.5, 0.6) is 0 Å². The van der Waals surface area contributed by atoms with Crippen LogP contribution in [0.25, 0.3) is 10.9 Å². The van der Waals surface area contributed by atoms with Crippen molar-refractivity contribution in [2.24, 2.45) is 0 Å². The molecule has 3 aromatic rings. The van der Waals surface area contributed by atoms with Gasteiger partial charge in [0.2, 0.25) is 11.2 Å². The topological polar surface area (TPSA) is 46.8 Å². The molecule has 23 heavy (non-hydrogen) atoms. The van der Waals surface area contributed by atoms with Crippen molar-refractivity contribution in [1.29, 1.82) is 0 Å². The minimum absolute atomic E-state index is 0.133. The van der Waals surface area contributed by atoms with Crippen molar-refractivity contribution in [2.45, 2.75) is 26.1 Å². The van der Waals surface area contributed by atoms with Crippen LogP contribution in [0, 0.1) is 5.95 Å². The van der Waals surface area contributed by atoms with Crippen LogP contribution < -0.4 is 4.90 Å². The highest BCUT2D eigenvalue weighted by atomic mass is 79.9. The lowest BCUT2D eigenvalue weighted by Crippen LogP contribution is -2.41. The second-order valence-corrected chi connectivity index (χ2v) is 6.84. The first-order chi connectivity index (χ1) is 11.0. The summed E-state index contributed by atoms with van der Waals surface area (Å²) in [6, 6.07) is 5.91. The third-order valence-electron chi connectivity index (χ3n) is 4.09. The summed E-state index contributed by atoms with van der Waals surface area (Å²) in [6.45, 7) is 3.11. The van der Waals surface area contributed by atoms with Crippen molar-refractivity contribution in [1.82, 2.24) is 19.5 Å². The fourth-order valence-corrected chi connectivity index (χ4v) is 3.48.